The van der Waals surface area contributed by atoms with E-state index in [1.54, 1.807) is 0 Å². The maximum atomic E-state index is 9.38. The normalized spacial score (nSPS) is 27.4. The molecular weight excluding hydrogens is 268 g/mol. The van der Waals surface area contributed by atoms with Crippen LogP contribution in [0.3, 0.4) is 0 Å². The van der Waals surface area contributed by atoms with E-state index in [0.29, 0.717) is 17.8 Å². The summed E-state index contributed by atoms with van der Waals surface area (Å²) < 4.78 is 0.782. The van der Waals surface area contributed by atoms with Gasteiger partial charge in [0.1, 0.15) is 0 Å². The molecule has 1 atom stereocenters. The Morgan fingerprint density at radius 2 is 1.94 bits per heavy atom. The first-order chi connectivity index (χ1) is 8.11. The highest BCUT2D eigenvalue weighted by Gasteiger charge is 2.20. The van der Waals surface area contributed by atoms with E-state index >= 15 is 0 Å². The van der Waals surface area contributed by atoms with E-state index in [9.17, 15) is 5.11 Å². The molecule has 0 spiro atoms. The zero-order valence-corrected chi connectivity index (χ0v) is 13.7. The molecule has 4 heteroatoms. The van der Waals surface area contributed by atoms with E-state index in [1.807, 2.05) is 11.8 Å². The molecule has 1 heterocycles. The fourth-order valence-corrected chi connectivity index (χ4v) is 5.60. The van der Waals surface area contributed by atoms with Gasteiger partial charge in [0.2, 0.25) is 0 Å². The lowest BCUT2D eigenvalue weighted by Gasteiger charge is -2.26. The number of hydrogen-bond acceptors (Lipinski definition) is 4. The molecule has 17 heavy (non-hydrogen) atoms. The Bertz CT molecular complexity index is 191. The third-order valence-corrected chi connectivity index (χ3v) is 7.75. The maximum Gasteiger partial charge on any atom is 0.0502 e. The second kappa shape index (κ2) is 9.00. The van der Waals surface area contributed by atoms with Gasteiger partial charge in [-0.1, -0.05) is 20.8 Å². The summed E-state index contributed by atoms with van der Waals surface area (Å²) in [5, 5.41) is 10.1. The zero-order valence-electron chi connectivity index (χ0n) is 11.2. The second-order valence-corrected chi connectivity index (χ2v) is 9.59. The van der Waals surface area contributed by atoms with Gasteiger partial charge < -0.3 is 5.11 Å². The van der Waals surface area contributed by atoms with Crippen molar-refractivity contribution in [1.82, 2.24) is 0 Å². The van der Waals surface area contributed by atoms with Crippen molar-refractivity contribution in [2.24, 2.45) is 11.8 Å². The van der Waals surface area contributed by atoms with Crippen molar-refractivity contribution in [1.29, 1.82) is 0 Å². The predicted molar refractivity (Wildman–Crippen MR) is 85.3 cm³/mol. The van der Waals surface area contributed by atoms with Gasteiger partial charge in [0.25, 0.3) is 0 Å². The smallest absolute Gasteiger partial charge is 0.0502 e. The van der Waals surface area contributed by atoms with E-state index in [4.69, 9.17) is 0 Å². The number of thioether (sulfide) groups is 3. The molecule has 0 bridgehead atoms. The molecular formula is C13H26OS3. The topological polar surface area (TPSA) is 20.2 Å². The lowest BCUT2D eigenvalue weighted by molar-refractivity contribution is 0.232. The third kappa shape index (κ3) is 7.24. The van der Waals surface area contributed by atoms with E-state index in [2.05, 4.69) is 44.3 Å². The molecule has 0 amide bonds. The minimum absolute atomic E-state index is 0.359. The Morgan fingerprint density at radius 3 is 2.47 bits per heavy atom. The van der Waals surface area contributed by atoms with Crippen molar-refractivity contribution in [3.05, 3.63) is 0 Å². The molecule has 0 aliphatic carbocycles. The van der Waals surface area contributed by atoms with Gasteiger partial charge in [0.15, 0.2) is 0 Å². The van der Waals surface area contributed by atoms with Gasteiger partial charge in [-0.2, -0.15) is 11.8 Å². The molecule has 1 saturated heterocycles. The first kappa shape index (κ1) is 16.1. The van der Waals surface area contributed by atoms with Crippen LogP contribution in [-0.4, -0.2) is 38.8 Å². The van der Waals surface area contributed by atoms with Gasteiger partial charge in [-0.3, -0.25) is 0 Å². The number of hydrogen-bond donors (Lipinski definition) is 1. The summed E-state index contributed by atoms with van der Waals surface area (Å²) >= 11 is 6.22. The fraction of sp³-hybridized carbons (Fsp3) is 1.00. The molecule has 0 aromatic heterocycles. The molecule has 1 fully saturated rings. The first-order valence-electron chi connectivity index (χ1n) is 6.57. The summed E-state index contributed by atoms with van der Waals surface area (Å²) in [7, 11) is 0. The van der Waals surface area contributed by atoms with Crippen molar-refractivity contribution < 1.29 is 5.11 Å². The predicted octanol–water partition coefficient (Wildman–Crippen LogP) is 3.96. The summed E-state index contributed by atoms with van der Waals surface area (Å²) in [5.74, 6) is 5.14. The van der Waals surface area contributed by atoms with Crippen LogP contribution in [0.4, 0.5) is 0 Å². The van der Waals surface area contributed by atoms with Gasteiger partial charge in [0, 0.05) is 6.61 Å². The zero-order chi connectivity index (χ0) is 12.7. The van der Waals surface area contributed by atoms with Crippen LogP contribution in [0.2, 0.25) is 0 Å². The standard InChI is InChI=1S/C13H26OS3/c1-10(2)15-9-12(6-14)4-5-13-16-7-11(3)8-17-13/h10-14H,4-9H2,1-3H3. The van der Waals surface area contributed by atoms with Crippen LogP contribution < -0.4 is 0 Å². The highest BCUT2D eigenvalue weighted by atomic mass is 32.2. The fourth-order valence-electron chi connectivity index (χ4n) is 1.73. The Labute approximate surface area is 119 Å². The molecule has 1 N–H and O–H groups in total. The van der Waals surface area contributed by atoms with Gasteiger partial charge >= 0.3 is 0 Å². The van der Waals surface area contributed by atoms with Crippen molar-refractivity contribution in [3.63, 3.8) is 0 Å². The summed E-state index contributed by atoms with van der Waals surface area (Å²) in [6.07, 6.45) is 2.46. The van der Waals surface area contributed by atoms with Gasteiger partial charge in [0.05, 0.1) is 4.58 Å². The summed E-state index contributed by atoms with van der Waals surface area (Å²) in [4.78, 5) is 0. The van der Waals surface area contributed by atoms with Gasteiger partial charge in [-0.15, -0.1) is 23.5 Å². The maximum absolute atomic E-state index is 9.38. The molecule has 0 saturated carbocycles. The Balaban J connectivity index is 2.14. The quantitative estimate of drug-likeness (QED) is 0.766. The summed E-state index contributed by atoms with van der Waals surface area (Å²) in [5.41, 5.74) is 0. The Morgan fingerprint density at radius 1 is 1.29 bits per heavy atom. The summed E-state index contributed by atoms with van der Waals surface area (Å²) in [6.45, 7) is 7.16. The molecule has 1 aliphatic heterocycles. The minimum atomic E-state index is 0.359. The molecule has 0 aromatic rings. The molecule has 1 rings (SSSR count). The van der Waals surface area contributed by atoms with Crippen LogP contribution >= 0.6 is 35.3 Å². The van der Waals surface area contributed by atoms with Crippen molar-refractivity contribution >= 4 is 35.3 Å². The van der Waals surface area contributed by atoms with E-state index < -0.39 is 0 Å². The van der Waals surface area contributed by atoms with Crippen molar-refractivity contribution in [2.45, 2.75) is 43.4 Å². The minimum Gasteiger partial charge on any atom is -0.396 e. The second-order valence-electron chi connectivity index (χ2n) is 5.21. The monoisotopic (exact) mass is 294 g/mol. The molecule has 1 unspecified atom stereocenters. The average molecular weight is 295 g/mol. The Kier molecular flexibility index (Phi) is 8.51. The highest BCUT2D eigenvalue weighted by molar-refractivity contribution is 8.17. The number of aliphatic hydroxyl groups excluding tert-OH is 1. The molecule has 102 valence electrons. The first-order valence-corrected chi connectivity index (χ1v) is 9.72. The van der Waals surface area contributed by atoms with Crippen LogP contribution in [0, 0.1) is 11.8 Å². The van der Waals surface area contributed by atoms with Gasteiger partial charge in [-0.05, 0) is 47.2 Å². The van der Waals surface area contributed by atoms with E-state index in [1.165, 1.54) is 24.3 Å². The average Bonchev–Trinajstić information content (AvgIpc) is 2.31. The largest absolute Gasteiger partial charge is 0.396 e. The van der Waals surface area contributed by atoms with Crippen LogP contribution in [0.5, 0.6) is 0 Å². The van der Waals surface area contributed by atoms with Crippen LogP contribution in [0.25, 0.3) is 0 Å². The molecule has 1 aliphatic rings. The van der Waals surface area contributed by atoms with Crippen molar-refractivity contribution in [3.8, 4) is 0 Å². The van der Waals surface area contributed by atoms with Crippen LogP contribution in [0.1, 0.15) is 33.6 Å². The van der Waals surface area contributed by atoms with Crippen molar-refractivity contribution in [2.75, 3.05) is 23.9 Å². The number of aliphatic hydroxyl groups is 1. The lowest BCUT2D eigenvalue weighted by Crippen LogP contribution is -2.17. The van der Waals surface area contributed by atoms with Crippen LogP contribution in [0.15, 0.2) is 0 Å². The highest BCUT2D eigenvalue weighted by Crippen LogP contribution is 2.37. The molecule has 1 nitrogen and oxygen atoms in total. The van der Waals surface area contributed by atoms with Crippen LogP contribution in [-0.2, 0) is 0 Å². The summed E-state index contributed by atoms with van der Waals surface area (Å²) in [6, 6.07) is 0. The third-order valence-electron chi connectivity index (χ3n) is 2.87. The van der Waals surface area contributed by atoms with E-state index in [-0.39, 0.29) is 0 Å². The molecule has 0 radical (unpaired) electrons. The molecule has 0 aromatic carbocycles. The van der Waals surface area contributed by atoms with Gasteiger partial charge in [-0.25, -0.2) is 0 Å². The van der Waals surface area contributed by atoms with E-state index in [0.717, 1.165) is 16.3 Å². The lowest BCUT2D eigenvalue weighted by atomic mass is 10.1. The number of rotatable bonds is 7. The SMILES string of the molecule is CC1CSC(CCC(CO)CSC(C)C)SC1. The Hall–Kier alpha value is 1.01.